The fourth-order valence-electron chi connectivity index (χ4n) is 4.99. The molecule has 43 heavy (non-hydrogen) atoms. The van der Waals surface area contributed by atoms with E-state index in [0.29, 0.717) is 12.0 Å². The van der Waals surface area contributed by atoms with Gasteiger partial charge in [0.25, 0.3) is 0 Å². The van der Waals surface area contributed by atoms with Crippen molar-refractivity contribution in [2.45, 2.75) is 38.3 Å². The van der Waals surface area contributed by atoms with Crippen LogP contribution in [0.1, 0.15) is 46.3 Å². The zero-order chi connectivity index (χ0) is 30.8. The highest BCUT2D eigenvalue weighted by atomic mass is 16.5. The van der Waals surface area contributed by atoms with E-state index < -0.39 is 29.7 Å². The van der Waals surface area contributed by atoms with Crippen molar-refractivity contribution in [3.05, 3.63) is 119 Å². The molecule has 0 spiro atoms. The summed E-state index contributed by atoms with van der Waals surface area (Å²) in [6, 6.07) is 29.6. The van der Waals surface area contributed by atoms with Crippen LogP contribution in [0.5, 0.6) is 0 Å². The van der Waals surface area contributed by atoms with E-state index in [1.807, 2.05) is 97.1 Å². The maximum absolute atomic E-state index is 14.3. The first-order valence-corrected chi connectivity index (χ1v) is 14.3. The van der Waals surface area contributed by atoms with E-state index in [1.54, 1.807) is 0 Å². The summed E-state index contributed by atoms with van der Waals surface area (Å²) in [5, 5.41) is 1.85. The summed E-state index contributed by atoms with van der Waals surface area (Å²) in [4.78, 5) is 53.4. The van der Waals surface area contributed by atoms with Crippen molar-refractivity contribution >= 4 is 34.3 Å². The molecule has 0 radical (unpaired) electrons. The number of carbonyl (C=O) groups is 4. The number of amides is 2. The Labute approximate surface area is 251 Å². The summed E-state index contributed by atoms with van der Waals surface area (Å²) in [5.74, 6) is -3.11. The molecule has 0 fully saturated rings. The molecule has 4 rings (SSSR count). The Morgan fingerprint density at radius 2 is 1.37 bits per heavy atom. The van der Waals surface area contributed by atoms with E-state index in [2.05, 4.69) is 0 Å². The standard InChI is InChI=1S/C35H37N3O5/c1-38(19-18-32(37)39)34(41)29(16-17-31(36)35(42)43-23-25-12-6-3-7-13-25)33(40)30-22-27-15-9-8-14-26(27)21-28(30)20-24-10-4-2-5-11-24/h2-15,21-22,29,31H,16-20,23,36H2,1H3,(H2,37,39)/t29-,31?/m1/s1. The Hall–Kier alpha value is -4.82. The number of hydrogen-bond donors (Lipinski definition) is 2. The first kappa shape index (κ1) is 31.1. The Morgan fingerprint density at radius 1 is 0.791 bits per heavy atom. The normalized spacial score (nSPS) is 12.3. The fraction of sp³-hybridized carbons (Fsp3) is 0.257. The van der Waals surface area contributed by atoms with E-state index in [-0.39, 0.29) is 38.2 Å². The van der Waals surface area contributed by atoms with Crippen molar-refractivity contribution in [1.29, 1.82) is 0 Å². The van der Waals surface area contributed by atoms with Gasteiger partial charge in [0.1, 0.15) is 18.6 Å². The van der Waals surface area contributed by atoms with Crippen molar-refractivity contribution < 1.29 is 23.9 Å². The first-order valence-electron chi connectivity index (χ1n) is 14.3. The van der Waals surface area contributed by atoms with Gasteiger partial charge >= 0.3 is 5.97 Å². The van der Waals surface area contributed by atoms with Crippen LogP contribution in [0, 0.1) is 5.92 Å². The number of nitrogens with two attached hydrogens (primary N) is 2. The highest BCUT2D eigenvalue weighted by Crippen LogP contribution is 2.27. The molecule has 4 aromatic carbocycles. The molecule has 0 heterocycles. The molecule has 8 heteroatoms. The lowest BCUT2D eigenvalue weighted by Crippen LogP contribution is -2.40. The average Bonchev–Trinajstić information content (AvgIpc) is 3.02. The van der Waals surface area contributed by atoms with Crippen molar-refractivity contribution in [2.24, 2.45) is 17.4 Å². The quantitative estimate of drug-likeness (QED) is 0.129. The molecule has 222 valence electrons. The van der Waals surface area contributed by atoms with Gasteiger partial charge in [0.15, 0.2) is 5.78 Å². The molecule has 0 aliphatic heterocycles. The number of esters is 1. The molecule has 0 saturated heterocycles. The SMILES string of the molecule is CN(CCC(N)=O)C(=O)[C@H](CCC(N)C(=O)OCc1ccccc1)C(=O)c1cc2ccccc2cc1Cc1ccccc1. The van der Waals surface area contributed by atoms with Crippen LogP contribution in [-0.4, -0.2) is 48.1 Å². The van der Waals surface area contributed by atoms with E-state index in [9.17, 15) is 19.2 Å². The summed E-state index contributed by atoms with van der Waals surface area (Å²) in [7, 11) is 1.53. The third-order valence-electron chi connectivity index (χ3n) is 7.45. The van der Waals surface area contributed by atoms with Gasteiger partial charge in [0.2, 0.25) is 11.8 Å². The van der Waals surface area contributed by atoms with Gasteiger partial charge < -0.3 is 21.1 Å². The molecule has 0 aliphatic rings. The number of primary amides is 1. The molecule has 1 unspecified atom stereocenters. The van der Waals surface area contributed by atoms with Crippen molar-refractivity contribution in [3.63, 3.8) is 0 Å². The van der Waals surface area contributed by atoms with E-state index >= 15 is 0 Å². The summed E-state index contributed by atoms with van der Waals surface area (Å²) in [6.07, 6.45) is 0.541. The number of benzene rings is 4. The van der Waals surface area contributed by atoms with Gasteiger partial charge in [-0.3, -0.25) is 19.2 Å². The maximum atomic E-state index is 14.3. The van der Waals surface area contributed by atoms with Crippen LogP contribution >= 0.6 is 0 Å². The van der Waals surface area contributed by atoms with Crippen LogP contribution in [-0.2, 0) is 32.1 Å². The minimum atomic E-state index is -1.12. The average molecular weight is 580 g/mol. The highest BCUT2D eigenvalue weighted by Gasteiger charge is 2.33. The minimum Gasteiger partial charge on any atom is -0.460 e. The Kier molecular flexibility index (Phi) is 10.8. The number of carbonyl (C=O) groups excluding carboxylic acids is 4. The summed E-state index contributed by atoms with van der Waals surface area (Å²) < 4.78 is 5.38. The molecule has 0 aliphatic carbocycles. The van der Waals surface area contributed by atoms with Gasteiger partial charge in [0.05, 0.1) is 0 Å². The molecular formula is C35H37N3O5. The van der Waals surface area contributed by atoms with Crippen LogP contribution in [0.2, 0.25) is 0 Å². The monoisotopic (exact) mass is 579 g/mol. The second kappa shape index (κ2) is 14.9. The fourth-order valence-corrected chi connectivity index (χ4v) is 4.99. The summed E-state index contributed by atoms with van der Waals surface area (Å²) in [5.41, 5.74) is 14.6. The minimum absolute atomic E-state index is 0.0256. The third kappa shape index (κ3) is 8.59. The topological polar surface area (TPSA) is 133 Å². The molecule has 0 bridgehead atoms. The predicted molar refractivity (Wildman–Crippen MR) is 166 cm³/mol. The van der Waals surface area contributed by atoms with Gasteiger partial charge in [-0.1, -0.05) is 91.0 Å². The lowest BCUT2D eigenvalue weighted by Gasteiger charge is -2.24. The Balaban J connectivity index is 1.60. The number of hydrogen-bond acceptors (Lipinski definition) is 6. The zero-order valence-corrected chi connectivity index (χ0v) is 24.3. The van der Waals surface area contributed by atoms with Gasteiger partial charge in [-0.05, 0) is 52.8 Å². The van der Waals surface area contributed by atoms with Crippen molar-refractivity contribution in [2.75, 3.05) is 13.6 Å². The number of ketones is 1. The summed E-state index contributed by atoms with van der Waals surface area (Å²) >= 11 is 0. The highest BCUT2D eigenvalue weighted by molar-refractivity contribution is 6.12. The van der Waals surface area contributed by atoms with Crippen LogP contribution in [0.3, 0.4) is 0 Å². The first-order chi connectivity index (χ1) is 20.7. The molecule has 8 nitrogen and oxygen atoms in total. The van der Waals surface area contributed by atoms with Gasteiger partial charge in [-0.15, -0.1) is 0 Å². The van der Waals surface area contributed by atoms with Gasteiger partial charge in [0, 0.05) is 25.6 Å². The van der Waals surface area contributed by atoms with Crippen LogP contribution in [0.15, 0.2) is 97.1 Å². The molecule has 0 saturated carbocycles. The van der Waals surface area contributed by atoms with Gasteiger partial charge in [-0.2, -0.15) is 0 Å². The van der Waals surface area contributed by atoms with E-state index in [0.717, 1.165) is 27.5 Å². The van der Waals surface area contributed by atoms with E-state index in [4.69, 9.17) is 16.2 Å². The maximum Gasteiger partial charge on any atom is 0.323 e. The summed E-state index contributed by atoms with van der Waals surface area (Å²) in [6.45, 7) is 0.141. The Bertz CT molecular complexity index is 1570. The third-order valence-corrected chi connectivity index (χ3v) is 7.45. The lowest BCUT2D eigenvalue weighted by molar-refractivity contribution is -0.147. The van der Waals surface area contributed by atoms with Crippen LogP contribution < -0.4 is 11.5 Å². The van der Waals surface area contributed by atoms with Gasteiger partial charge in [-0.25, -0.2) is 0 Å². The second-order valence-electron chi connectivity index (χ2n) is 10.7. The lowest BCUT2D eigenvalue weighted by atomic mass is 9.85. The number of fused-ring (bicyclic) bond motifs is 1. The van der Waals surface area contributed by atoms with E-state index in [1.165, 1.54) is 11.9 Å². The zero-order valence-electron chi connectivity index (χ0n) is 24.3. The molecular weight excluding hydrogens is 542 g/mol. The molecule has 4 N–H and O–H groups in total. The molecule has 2 amide bonds. The van der Waals surface area contributed by atoms with Crippen molar-refractivity contribution in [1.82, 2.24) is 4.90 Å². The number of ether oxygens (including phenoxy) is 1. The number of rotatable bonds is 14. The number of Topliss-reactive ketones (excluding diaryl/α,β-unsaturated/α-hetero) is 1. The van der Waals surface area contributed by atoms with Crippen molar-refractivity contribution in [3.8, 4) is 0 Å². The van der Waals surface area contributed by atoms with Crippen LogP contribution in [0.4, 0.5) is 0 Å². The van der Waals surface area contributed by atoms with Crippen LogP contribution in [0.25, 0.3) is 10.8 Å². The largest absolute Gasteiger partial charge is 0.460 e. The molecule has 0 aromatic heterocycles. The number of nitrogens with zero attached hydrogens (tertiary/aromatic N) is 1. The molecule has 4 aromatic rings. The smallest absolute Gasteiger partial charge is 0.323 e. The predicted octanol–water partition coefficient (Wildman–Crippen LogP) is 4.41. The second-order valence-corrected chi connectivity index (χ2v) is 10.7. The molecule has 2 atom stereocenters. The Morgan fingerprint density at radius 3 is 2.00 bits per heavy atom.